The van der Waals surface area contributed by atoms with Gasteiger partial charge in [-0.2, -0.15) is 0 Å². The molecule has 0 saturated heterocycles. The number of benzene rings is 1. The van der Waals surface area contributed by atoms with Crippen LogP contribution in [-0.4, -0.2) is 13.2 Å². The van der Waals surface area contributed by atoms with Gasteiger partial charge in [0.2, 0.25) is 0 Å². The molecule has 0 aliphatic rings. The van der Waals surface area contributed by atoms with E-state index in [1.165, 1.54) is 0 Å². The van der Waals surface area contributed by atoms with Crippen LogP contribution in [0.4, 0.5) is 11.4 Å². The summed E-state index contributed by atoms with van der Waals surface area (Å²) in [7, 11) is 0. The van der Waals surface area contributed by atoms with Gasteiger partial charge < -0.3 is 20.2 Å². The third kappa shape index (κ3) is 3.45. The zero-order valence-electron chi connectivity index (χ0n) is 10.5. The monoisotopic (exact) mass is 246 g/mol. The summed E-state index contributed by atoms with van der Waals surface area (Å²) in [6.07, 6.45) is 2.52. The molecule has 0 spiro atoms. The van der Waals surface area contributed by atoms with Gasteiger partial charge >= 0.3 is 0 Å². The molecule has 18 heavy (non-hydrogen) atoms. The Bertz CT molecular complexity index is 481. The zero-order valence-corrected chi connectivity index (χ0v) is 10.5. The highest BCUT2D eigenvalue weighted by Crippen LogP contribution is 2.22. The normalized spacial score (nSPS) is 10.3. The number of nitrogens with one attached hydrogen (secondary N) is 1. The first kappa shape index (κ1) is 12.4. The molecular weight excluding hydrogens is 228 g/mol. The van der Waals surface area contributed by atoms with Crippen LogP contribution in [0.2, 0.25) is 0 Å². The molecule has 1 aromatic heterocycles. The molecule has 0 unspecified atom stereocenters. The molecule has 1 heterocycles. The fourth-order valence-electron chi connectivity index (χ4n) is 1.76. The van der Waals surface area contributed by atoms with Crippen molar-refractivity contribution in [3.63, 3.8) is 0 Å². The average Bonchev–Trinajstić information content (AvgIpc) is 2.82. The van der Waals surface area contributed by atoms with Crippen molar-refractivity contribution in [2.45, 2.75) is 13.3 Å². The molecule has 2 rings (SSSR count). The molecule has 0 bridgehead atoms. The predicted molar refractivity (Wildman–Crippen MR) is 72.9 cm³/mol. The van der Waals surface area contributed by atoms with Gasteiger partial charge in [-0.1, -0.05) is 0 Å². The molecule has 1 aromatic carbocycles. The van der Waals surface area contributed by atoms with Crippen molar-refractivity contribution in [2.24, 2.45) is 0 Å². The number of hydrogen-bond acceptors (Lipinski definition) is 4. The van der Waals surface area contributed by atoms with Crippen molar-refractivity contribution in [3.05, 3.63) is 42.4 Å². The molecule has 3 N–H and O–H groups in total. The molecule has 0 amide bonds. The number of nitrogen functional groups attached to an aromatic ring is 1. The number of ether oxygens (including phenoxy) is 1. The summed E-state index contributed by atoms with van der Waals surface area (Å²) in [4.78, 5) is 0. The van der Waals surface area contributed by atoms with Gasteiger partial charge in [-0.25, -0.2) is 0 Å². The number of nitrogens with two attached hydrogens (primary N) is 1. The lowest BCUT2D eigenvalue weighted by molar-refractivity contribution is 0.340. The third-order valence-corrected chi connectivity index (χ3v) is 2.52. The molecule has 0 saturated carbocycles. The Morgan fingerprint density at radius 3 is 2.94 bits per heavy atom. The number of anilines is 2. The first-order valence-corrected chi connectivity index (χ1v) is 6.07. The molecule has 0 fully saturated rings. The van der Waals surface area contributed by atoms with Crippen molar-refractivity contribution >= 4 is 11.4 Å². The first-order chi connectivity index (χ1) is 8.78. The van der Waals surface area contributed by atoms with Gasteiger partial charge in [-0.3, -0.25) is 0 Å². The van der Waals surface area contributed by atoms with Crippen LogP contribution in [0.25, 0.3) is 0 Å². The van der Waals surface area contributed by atoms with Gasteiger partial charge in [0, 0.05) is 36.5 Å². The van der Waals surface area contributed by atoms with Crippen LogP contribution >= 0.6 is 0 Å². The SMILES string of the molecule is CCOc1cc(N)cc(NCCc2ccco2)c1. The van der Waals surface area contributed by atoms with Crippen molar-refractivity contribution < 1.29 is 9.15 Å². The lowest BCUT2D eigenvalue weighted by Crippen LogP contribution is -2.05. The first-order valence-electron chi connectivity index (χ1n) is 6.07. The summed E-state index contributed by atoms with van der Waals surface area (Å²) in [6, 6.07) is 9.52. The van der Waals surface area contributed by atoms with Gasteiger partial charge in [0.15, 0.2) is 0 Å². The molecule has 0 aliphatic heterocycles. The van der Waals surface area contributed by atoms with E-state index in [0.717, 1.165) is 30.2 Å². The maximum absolute atomic E-state index is 5.82. The Hall–Kier alpha value is -2.10. The van der Waals surface area contributed by atoms with E-state index in [1.54, 1.807) is 6.26 Å². The van der Waals surface area contributed by atoms with E-state index in [2.05, 4.69) is 5.32 Å². The Morgan fingerprint density at radius 1 is 1.33 bits per heavy atom. The molecule has 0 aliphatic carbocycles. The molecular formula is C14H18N2O2. The minimum absolute atomic E-state index is 0.634. The molecule has 0 radical (unpaired) electrons. The third-order valence-electron chi connectivity index (χ3n) is 2.52. The van der Waals surface area contributed by atoms with Crippen molar-refractivity contribution in [3.8, 4) is 5.75 Å². The second-order valence-electron chi connectivity index (χ2n) is 3.98. The number of hydrogen-bond donors (Lipinski definition) is 2. The summed E-state index contributed by atoms with van der Waals surface area (Å²) in [5, 5.41) is 3.30. The van der Waals surface area contributed by atoms with E-state index in [4.69, 9.17) is 14.9 Å². The van der Waals surface area contributed by atoms with E-state index < -0.39 is 0 Å². The van der Waals surface area contributed by atoms with Crippen LogP contribution in [0.15, 0.2) is 41.0 Å². The average molecular weight is 246 g/mol. The molecule has 2 aromatic rings. The number of rotatable bonds is 6. The van der Waals surface area contributed by atoms with Gasteiger partial charge in [0.25, 0.3) is 0 Å². The summed E-state index contributed by atoms with van der Waals surface area (Å²) < 4.78 is 10.7. The molecule has 4 nitrogen and oxygen atoms in total. The Balaban J connectivity index is 1.92. The predicted octanol–water partition coefficient (Wildman–Crippen LogP) is 2.92. The van der Waals surface area contributed by atoms with E-state index in [0.29, 0.717) is 12.3 Å². The Kier molecular flexibility index (Phi) is 4.12. The fourth-order valence-corrected chi connectivity index (χ4v) is 1.76. The topological polar surface area (TPSA) is 60.4 Å². The fraction of sp³-hybridized carbons (Fsp3) is 0.286. The smallest absolute Gasteiger partial charge is 0.123 e. The maximum atomic E-state index is 5.82. The quantitative estimate of drug-likeness (QED) is 0.769. The van der Waals surface area contributed by atoms with Gasteiger partial charge in [0.05, 0.1) is 12.9 Å². The molecule has 0 atom stereocenters. The van der Waals surface area contributed by atoms with Gasteiger partial charge in [-0.05, 0) is 25.1 Å². The van der Waals surface area contributed by atoms with E-state index in [9.17, 15) is 0 Å². The standard InChI is InChI=1S/C14H18N2O2/c1-2-17-14-9-11(15)8-12(10-14)16-6-5-13-4-3-7-18-13/h3-4,7-10,16H,2,5-6,15H2,1H3. The van der Waals surface area contributed by atoms with Crippen LogP contribution in [0.5, 0.6) is 5.75 Å². The van der Waals surface area contributed by atoms with Gasteiger partial charge in [0.1, 0.15) is 11.5 Å². The Labute approximate surface area is 107 Å². The summed E-state index contributed by atoms with van der Waals surface area (Å²) in [6.45, 7) is 3.38. The Morgan fingerprint density at radius 2 is 2.22 bits per heavy atom. The second kappa shape index (κ2) is 6.00. The van der Waals surface area contributed by atoms with Crippen LogP contribution < -0.4 is 15.8 Å². The van der Waals surface area contributed by atoms with Crippen molar-refractivity contribution in [1.82, 2.24) is 0 Å². The van der Waals surface area contributed by atoms with Crippen molar-refractivity contribution in [1.29, 1.82) is 0 Å². The minimum atomic E-state index is 0.634. The van der Waals surface area contributed by atoms with Crippen LogP contribution in [0.3, 0.4) is 0 Å². The molecule has 4 heteroatoms. The van der Waals surface area contributed by atoms with Crippen LogP contribution in [0, 0.1) is 0 Å². The lowest BCUT2D eigenvalue weighted by Gasteiger charge is -2.09. The minimum Gasteiger partial charge on any atom is -0.494 e. The van der Waals surface area contributed by atoms with E-state index in [-0.39, 0.29) is 0 Å². The molecule has 96 valence electrons. The van der Waals surface area contributed by atoms with E-state index in [1.807, 2.05) is 37.3 Å². The summed E-state index contributed by atoms with van der Waals surface area (Å²) in [5.41, 5.74) is 7.48. The number of furan rings is 1. The van der Waals surface area contributed by atoms with Crippen molar-refractivity contribution in [2.75, 3.05) is 24.2 Å². The second-order valence-corrected chi connectivity index (χ2v) is 3.98. The van der Waals surface area contributed by atoms with Crippen LogP contribution in [0.1, 0.15) is 12.7 Å². The van der Waals surface area contributed by atoms with E-state index >= 15 is 0 Å². The zero-order chi connectivity index (χ0) is 12.8. The highest BCUT2D eigenvalue weighted by Gasteiger charge is 2.00. The largest absolute Gasteiger partial charge is 0.494 e. The highest BCUT2D eigenvalue weighted by atomic mass is 16.5. The lowest BCUT2D eigenvalue weighted by atomic mass is 10.2. The van der Waals surface area contributed by atoms with Gasteiger partial charge in [-0.15, -0.1) is 0 Å². The van der Waals surface area contributed by atoms with Crippen LogP contribution in [-0.2, 0) is 6.42 Å². The summed E-state index contributed by atoms with van der Waals surface area (Å²) >= 11 is 0. The highest BCUT2D eigenvalue weighted by molar-refractivity contribution is 5.59. The maximum Gasteiger partial charge on any atom is 0.123 e. The summed E-state index contributed by atoms with van der Waals surface area (Å²) in [5.74, 6) is 1.76.